The Kier molecular flexibility index (Phi) is 3.64. The van der Waals surface area contributed by atoms with Crippen molar-refractivity contribution in [1.29, 1.82) is 0 Å². The summed E-state index contributed by atoms with van der Waals surface area (Å²) < 4.78 is 9.69. The van der Waals surface area contributed by atoms with Gasteiger partial charge in [0.1, 0.15) is 0 Å². The van der Waals surface area contributed by atoms with E-state index in [0.29, 0.717) is 12.3 Å². The summed E-state index contributed by atoms with van der Waals surface area (Å²) in [5.41, 5.74) is 0.689. The van der Waals surface area contributed by atoms with Crippen LogP contribution in [-0.4, -0.2) is 30.8 Å². The Labute approximate surface area is 82.4 Å². The first-order valence-corrected chi connectivity index (χ1v) is 4.36. The fourth-order valence-corrected chi connectivity index (χ4v) is 1.06. The van der Waals surface area contributed by atoms with Gasteiger partial charge in [0.15, 0.2) is 0 Å². The van der Waals surface area contributed by atoms with E-state index in [1.165, 1.54) is 0 Å². The van der Waals surface area contributed by atoms with E-state index < -0.39 is 0 Å². The van der Waals surface area contributed by atoms with Crippen molar-refractivity contribution in [2.24, 2.45) is 0 Å². The third-order valence-corrected chi connectivity index (χ3v) is 1.65. The van der Waals surface area contributed by atoms with Crippen LogP contribution in [0.1, 0.15) is 23.2 Å². The summed E-state index contributed by atoms with van der Waals surface area (Å²) in [7, 11) is 1.58. The van der Waals surface area contributed by atoms with Gasteiger partial charge in [-0.3, -0.25) is 4.79 Å². The molecule has 78 valence electrons. The van der Waals surface area contributed by atoms with Gasteiger partial charge in [-0.05, 0) is 13.8 Å². The van der Waals surface area contributed by atoms with Crippen LogP contribution in [0.3, 0.4) is 0 Å². The number of nitrogens with one attached hydrogen (secondary N) is 1. The number of amides is 1. The molecule has 1 aromatic rings. The van der Waals surface area contributed by atoms with Gasteiger partial charge in [0.25, 0.3) is 5.91 Å². The molecule has 0 saturated heterocycles. The first-order chi connectivity index (χ1) is 6.63. The van der Waals surface area contributed by atoms with Crippen LogP contribution in [0.2, 0.25) is 0 Å². The molecule has 1 amide bonds. The number of aromatic nitrogens is 1. The molecule has 0 aliphatic heterocycles. The van der Waals surface area contributed by atoms with Crippen molar-refractivity contribution in [2.45, 2.75) is 19.9 Å². The highest BCUT2D eigenvalue weighted by atomic mass is 16.5. The first-order valence-electron chi connectivity index (χ1n) is 4.36. The summed E-state index contributed by atoms with van der Waals surface area (Å²) in [4.78, 5) is 11.4. The van der Waals surface area contributed by atoms with Crippen LogP contribution >= 0.6 is 0 Å². The van der Waals surface area contributed by atoms with Crippen LogP contribution in [0.4, 0.5) is 0 Å². The third kappa shape index (κ3) is 2.85. The van der Waals surface area contributed by atoms with Crippen molar-refractivity contribution in [1.82, 2.24) is 10.5 Å². The molecule has 0 saturated carbocycles. The minimum absolute atomic E-state index is 0.0436. The van der Waals surface area contributed by atoms with Crippen molar-refractivity contribution in [3.05, 3.63) is 17.5 Å². The summed E-state index contributed by atoms with van der Waals surface area (Å²) in [6.45, 7) is 4.09. The highest BCUT2D eigenvalue weighted by molar-refractivity contribution is 5.91. The number of carbonyl (C=O) groups is 1. The summed E-state index contributed by atoms with van der Waals surface area (Å²) in [5.74, 6) is -0.0411. The van der Waals surface area contributed by atoms with Crippen LogP contribution in [0, 0.1) is 6.92 Å². The Morgan fingerprint density at radius 2 is 2.50 bits per heavy atom. The smallest absolute Gasteiger partial charge is 0.290 e. The Bertz CT molecular complexity index is 309. The number of methoxy groups -OCH3 is 1. The number of rotatable bonds is 4. The molecular weight excluding hydrogens is 184 g/mol. The Balaban J connectivity index is 2.50. The van der Waals surface area contributed by atoms with Gasteiger partial charge >= 0.3 is 0 Å². The molecule has 1 aromatic heterocycles. The lowest BCUT2D eigenvalue weighted by Crippen LogP contribution is -2.35. The van der Waals surface area contributed by atoms with E-state index in [2.05, 4.69) is 10.5 Å². The van der Waals surface area contributed by atoms with E-state index in [0.717, 1.165) is 0 Å². The highest BCUT2D eigenvalue weighted by Crippen LogP contribution is 2.01. The average molecular weight is 198 g/mol. The second-order valence-corrected chi connectivity index (χ2v) is 3.16. The number of nitrogens with zero attached hydrogens (tertiary/aromatic N) is 1. The maximum atomic E-state index is 11.4. The Hall–Kier alpha value is -1.36. The Morgan fingerprint density at radius 1 is 1.79 bits per heavy atom. The van der Waals surface area contributed by atoms with Gasteiger partial charge in [0.2, 0.25) is 5.76 Å². The Morgan fingerprint density at radius 3 is 3.00 bits per heavy atom. The van der Waals surface area contributed by atoms with Gasteiger partial charge in [0, 0.05) is 19.2 Å². The van der Waals surface area contributed by atoms with Gasteiger partial charge in [-0.2, -0.15) is 0 Å². The third-order valence-electron chi connectivity index (χ3n) is 1.65. The molecule has 0 fully saturated rings. The molecule has 0 bridgehead atoms. The van der Waals surface area contributed by atoms with E-state index >= 15 is 0 Å². The largest absolute Gasteiger partial charge is 0.383 e. The maximum absolute atomic E-state index is 11.4. The van der Waals surface area contributed by atoms with Gasteiger partial charge < -0.3 is 14.6 Å². The molecule has 1 rings (SSSR count). The molecule has 0 aromatic carbocycles. The molecule has 1 N–H and O–H groups in total. The lowest BCUT2D eigenvalue weighted by Gasteiger charge is -2.10. The topological polar surface area (TPSA) is 64.4 Å². The minimum Gasteiger partial charge on any atom is -0.383 e. The molecule has 0 aliphatic rings. The van der Waals surface area contributed by atoms with Crippen LogP contribution in [0.25, 0.3) is 0 Å². The van der Waals surface area contributed by atoms with Gasteiger partial charge in [0.05, 0.1) is 12.3 Å². The quantitative estimate of drug-likeness (QED) is 0.775. The molecule has 5 heteroatoms. The van der Waals surface area contributed by atoms with Crippen molar-refractivity contribution >= 4 is 5.91 Å². The van der Waals surface area contributed by atoms with Crippen LogP contribution in [-0.2, 0) is 4.74 Å². The summed E-state index contributed by atoms with van der Waals surface area (Å²) in [5, 5.41) is 6.34. The van der Waals surface area contributed by atoms with Crippen molar-refractivity contribution in [3.8, 4) is 0 Å². The number of ether oxygens (including phenoxy) is 1. The summed E-state index contributed by atoms with van der Waals surface area (Å²) >= 11 is 0. The van der Waals surface area contributed by atoms with E-state index in [1.54, 1.807) is 20.1 Å². The van der Waals surface area contributed by atoms with E-state index in [-0.39, 0.29) is 17.7 Å². The molecule has 0 aliphatic carbocycles. The van der Waals surface area contributed by atoms with E-state index in [4.69, 9.17) is 9.26 Å². The lowest BCUT2D eigenvalue weighted by atomic mass is 10.3. The van der Waals surface area contributed by atoms with Crippen LogP contribution < -0.4 is 5.32 Å². The predicted octanol–water partition coefficient (Wildman–Crippen LogP) is 0.748. The second kappa shape index (κ2) is 4.76. The maximum Gasteiger partial charge on any atom is 0.290 e. The molecule has 0 spiro atoms. The fraction of sp³-hybridized carbons (Fsp3) is 0.556. The lowest BCUT2D eigenvalue weighted by molar-refractivity contribution is 0.0869. The summed E-state index contributed by atoms with van der Waals surface area (Å²) in [6.07, 6.45) is 0. The molecule has 14 heavy (non-hydrogen) atoms. The van der Waals surface area contributed by atoms with Gasteiger partial charge in [-0.25, -0.2) is 0 Å². The number of carbonyl (C=O) groups excluding carboxylic acids is 1. The van der Waals surface area contributed by atoms with E-state index in [1.807, 2.05) is 6.92 Å². The van der Waals surface area contributed by atoms with Gasteiger partial charge in [-0.1, -0.05) is 5.16 Å². The molecule has 0 radical (unpaired) electrons. The zero-order chi connectivity index (χ0) is 10.6. The molecular formula is C9H14N2O3. The highest BCUT2D eigenvalue weighted by Gasteiger charge is 2.13. The standard InChI is InChI=1S/C9H14N2O3/c1-6-4-8(14-11-6)9(12)10-7(2)5-13-3/h4,7H,5H2,1-3H3,(H,10,12)/t7-/m1/s1. The normalized spacial score (nSPS) is 12.5. The number of hydrogen-bond donors (Lipinski definition) is 1. The second-order valence-electron chi connectivity index (χ2n) is 3.16. The molecule has 1 atom stereocenters. The van der Waals surface area contributed by atoms with Gasteiger partial charge in [-0.15, -0.1) is 0 Å². The van der Waals surface area contributed by atoms with Crippen molar-refractivity contribution in [2.75, 3.05) is 13.7 Å². The first kappa shape index (κ1) is 10.7. The molecule has 0 unspecified atom stereocenters. The van der Waals surface area contributed by atoms with Crippen molar-refractivity contribution in [3.63, 3.8) is 0 Å². The van der Waals surface area contributed by atoms with Crippen molar-refractivity contribution < 1.29 is 14.1 Å². The predicted molar refractivity (Wildman–Crippen MR) is 50.0 cm³/mol. The van der Waals surface area contributed by atoms with Crippen LogP contribution in [0.15, 0.2) is 10.6 Å². The minimum atomic E-state index is -0.268. The SMILES string of the molecule is COC[C@@H](C)NC(=O)c1cc(C)no1. The summed E-state index contributed by atoms with van der Waals surface area (Å²) in [6, 6.07) is 1.55. The molecule has 1 heterocycles. The molecule has 5 nitrogen and oxygen atoms in total. The zero-order valence-corrected chi connectivity index (χ0v) is 8.53. The number of aryl methyl sites for hydroxylation is 1. The number of hydrogen-bond acceptors (Lipinski definition) is 4. The average Bonchev–Trinajstić information content (AvgIpc) is 2.52. The van der Waals surface area contributed by atoms with E-state index in [9.17, 15) is 4.79 Å². The zero-order valence-electron chi connectivity index (χ0n) is 8.53. The monoisotopic (exact) mass is 198 g/mol. The van der Waals surface area contributed by atoms with Crippen LogP contribution in [0.5, 0.6) is 0 Å². The fourth-order valence-electron chi connectivity index (χ4n) is 1.06.